The fraction of sp³-hybridized carbons (Fsp3) is 0.304. The van der Waals surface area contributed by atoms with Crippen LogP contribution in [0.25, 0.3) is 22.0 Å². The van der Waals surface area contributed by atoms with Crippen molar-refractivity contribution in [3.63, 3.8) is 0 Å². The molecule has 0 fully saturated rings. The van der Waals surface area contributed by atoms with Crippen molar-refractivity contribution < 1.29 is 14.6 Å². The van der Waals surface area contributed by atoms with E-state index in [4.69, 9.17) is 16.3 Å². The lowest BCUT2D eigenvalue weighted by Gasteiger charge is -2.23. The number of hydrogen-bond donors (Lipinski definition) is 1. The molecule has 3 aromatic rings. The van der Waals surface area contributed by atoms with Gasteiger partial charge in [-0.05, 0) is 62.1 Å². The third-order valence-electron chi connectivity index (χ3n) is 4.72. The number of carboxylic acids is 1. The highest BCUT2D eigenvalue weighted by molar-refractivity contribution is 6.31. The Labute approximate surface area is 170 Å². The highest BCUT2D eigenvalue weighted by atomic mass is 35.5. The molecule has 0 amide bonds. The van der Waals surface area contributed by atoms with Crippen LogP contribution in [0.5, 0.6) is 0 Å². The van der Waals surface area contributed by atoms with Crippen LogP contribution in [0.4, 0.5) is 0 Å². The number of aromatic nitrogens is 1. The number of aryl methyl sites for hydroxylation is 2. The number of ether oxygens (including phenoxy) is 1. The molecule has 2 aromatic carbocycles. The SMILES string of the molecule is CCc1ccc(-c2c(C(OC(C)C)C(=O)O)c(C)nc3ccc(Cl)cc23)cc1. The number of halogens is 1. The highest BCUT2D eigenvalue weighted by Gasteiger charge is 2.29. The Bertz CT molecular complexity index is 1010. The van der Waals surface area contributed by atoms with Crippen LogP contribution >= 0.6 is 11.6 Å². The normalized spacial score (nSPS) is 12.5. The molecule has 1 atom stereocenters. The summed E-state index contributed by atoms with van der Waals surface area (Å²) in [5.41, 5.74) is 4.92. The van der Waals surface area contributed by atoms with Gasteiger partial charge in [0.15, 0.2) is 6.10 Å². The first-order valence-corrected chi connectivity index (χ1v) is 9.77. The third kappa shape index (κ3) is 4.03. The van der Waals surface area contributed by atoms with Gasteiger partial charge >= 0.3 is 5.97 Å². The Hall–Kier alpha value is -2.43. The maximum atomic E-state index is 12.1. The summed E-state index contributed by atoms with van der Waals surface area (Å²) in [5.74, 6) is -1.04. The molecule has 0 aliphatic carbocycles. The van der Waals surface area contributed by atoms with Crippen LogP contribution in [0.1, 0.15) is 43.7 Å². The summed E-state index contributed by atoms with van der Waals surface area (Å²) in [5, 5.41) is 11.3. The number of benzene rings is 2. The van der Waals surface area contributed by atoms with Crippen molar-refractivity contribution in [1.82, 2.24) is 4.98 Å². The van der Waals surface area contributed by atoms with Crippen molar-refractivity contribution in [2.75, 3.05) is 0 Å². The van der Waals surface area contributed by atoms with Gasteiger partial charge in [-0.3, -0.25) is 4.98 Å². The lowest BCUT2D eigenvalue weighted by atomic mass is 9.90. The van der Waals surface area contributed by atoms with Crippen molar-refractivity contribution in [2.45, 2.75) is 46.3 Å². The summed E-state index contributed by atoms with van der Waals surface area (Å²) >= 11 is 6.27. The van der Waals surface area contributed by atoms with Gasteiger partial charge in [-0.2, -0.15) is 0 Å². The summed E-state index contributed by atoms with van der Waals surface area (Å²) in [6.07, 6.45) is -0.425. The predicted molar refractivity (Wildman–Crippen MR) is 113 cm³/mol. The minimum Gasteiger partial charge on any atom is -0.479 e. The molecule has 3 rings (SSSR count). The molecule has 146 valence electrons. The molecule has 0 spiro atoms. The van der Waals surface area contributed by atoms with E-state index >= 15 is 0 Å². The quantitative estimate of drug-likeness (QED) is 0.556. The third-order valence-corrected chi connectivity index (χ3v) is 4.96. The molecule has 28 heavy (non-hydrogen) atoms. The number of pyridine rings is 1. The van der Waals surface area contributed by atoms with E-state index in [1.165, 1.54) is 5.56 Å². The van der Waals surface area contributed by atoms with Gasteiger partial charge in [0.05, 0.1) is 11.6 Å². The van der Waals surface area contributed by atoms with Crippen LogP contribution in [0.2, 0.25) is 5.02 Å². The maximum Gasteiger partial charge on any atom is 0.337 e. The lowest BCUT2D eigenvalue weighted by Crippen LogP contribution is -2.21. The smallest absolute Gasteiger partial charge is 0.337 e. The molecule has 1 N–H and O–H groups in total. The van der Waals surface area contributed by atoms with E-state index in [0.29, 0.717) is 16.3 Å². The van der Waals surface area contributed by atoms with Gasteiger partial charge < -0.3 is 9.84 Å². The van der Waals surface area contributed by atoms with Crippen molar-refractivity contribution in [1.29, 1.82) is 0 Å². The average molecular weight is 398 g/mol. The molecule has 0 bridgehead atoms. The summed E-state index contributed by atoms with van der Waals surface area (Å²) in [4.78, 5) is 16.7. The fourth-order valence-electron chi connectivity index (χ4n) is 3.43. The molecule has 5 heteroatoms. The molecule has 0 saturated heterocycles. The summed E-state index contributed by atoms with van der Waals surface area (Å²) < 4.78 is 5.79. The first-order chi connectivity index (χ1) is 13.3. The molecule has 0 aliphatic heterocycles. The Balaban J connectivity index is 2.38. The second-order valence-corrected chi connectivity index (χ2v) is 7.54. The number of hydrogen-bond acceptors (Lipinski definition) is 3. The van der Waals surface area contributed by atoms with Crippen molar-refractivity contribution in [3.8, 4) is 11.1 Å². The zero-order valence-corrected chi connectivity index (χ0v) is 17.2. The Morgan fingerprint density at radius 2 is 1.86 bits per heavy atom. The van der Waals surface area contributed by atoms with Crippen molar-refractivity contribution in [2.24, 2.45) is 0 Å². The Morgan fingerprint density at radius 1 is 1.18 bits per heavy atom. The fourth-order valence-corrected chi connectivity index (χ4v) is 3.61. The Morgan fingerprint density at radius 3 is 2.43 bits per heavy atom. The van der Waals surface area contributed by atoms with Crippen LogP contribution in [0.3, 0.4) is 0 Å². The van der Waals surface area contributed by atoms with Gasteiger partial charge in [-0.1, -0.05) is 42.8 Å². The molecule has 0 radical (unpaired) electrons. The van der Waals surface area contributed by atoms with Gasteiger partial charge in [0.2, 0.25) is 0 Å². The summed E-state index contributed by atoms with van der Waals surface area (Å²) in [6.45, 7) is 7.58. The second-order valence-electron chi connectivity index (χ2n) is 7.10. The Kier molecular flexibility index (Phi) is 6.01. The lowest BCUT2D eigenvalue weighted by molar-refractivity contribution is -0.153. The highest BCUT2D eigenvalue weighted by Crippen LogP contribution is 2.39. The van der Waals surface area contributed by atoms with E-state index in [1.807, 2.05) is 45.0 Å². The monoisotopic (exact) mass is 397 g/mol. The summed E-state index contributed by atoms with van der Waals surface area (Å²) in [6, 6.07) is 13.6. The maximum absolute atomic E-state index is 12.1. The van der Waals surface area contributed by atoms with Crippen LogP contribution in [0, 0.1) is 6.92 Å². The van der Waals surface area contributed by atoms with Gasteiger partial charge in [0, 0.05) is 21.7 Å². The minimum absolute atomic E-state index is 0.245. The van der Waals surface area contributed by atoms with Crippen LogP contribution < -0.4 is 0 Å². The number of carbonyl (C=O) groups is 1. The van der Waals surface area contributed by atoms with Gasteiger partial charge in [0.25, 0.3) is 0 Å². The molecule has 4 nitrogen and oxygen atoms in total. The second kappa shape index (κ2) is 8.29. The van der Waals surface area contributed by atoms with Crippen LogP contribution in [-0.2, 0) is 16.0 Å². The van der Waals surface area contributed by atoms with E-state index < -0.39 is 12.1 Å². The number of rotatable bonds is 6. The molecule has 0 saturated carbocycles. The van der Waals surface area contributed by atoms with Gasteiger partial charge in [-0.25, -0.2) is 4.79 Å². The predicted octanol–water partition coefficient (Wildman–Crippen LogP) is 5.98. The molecule has 1 unspecified atom stereocenters. The van der Waals surface area contributed by atoms with Crippen molar-refractivity contribution >= 4 is 28.5 Å². The zero-order valence-electron chi connectivity index (χ0n) is 16.5. The van der Waals surface area contributed by atoms with Crippen LogP contribution in [0.15, 0.2) is 42.5 Å². The van der Waals surface area contributed by atoms with E-state index in [9.17, 15) is 9.90 Å². The number of carboxylic acid groups (broad SMARTS) is 1. The molecule has 1 heterocycles. The average Bonchev–Trinajstić information content (AvgIpc) is 2.65. The number of fused-ring (bicyclic) bond motifs is 1. The standard InChI is InChI=1S/C23H24ClNO3/c1-5-15-6-8-16(9-7-15)21-18-12-17(24)10-11-19(18)25-14(4)20(21)22(23(26)27)28-13(2)3/h6-13,22H,5H2,1-4H3,(H,26,27). The van der Waals surface area contributed by atoms with E-state index in [0.717, 1.165) is 28.5 Å². The number of nitrogens with zero attached hydrogens (tertiary/aromatic N) is 1. The zero-order chi connectivity index (χ0) is 20.4. The molecular weight excluding hydrogens is 374 g/mol. The summed E-state index contributed by atoms with van der Waals surface area (Å²) in [7, 11) is 0. The minimum atomic E-state index is -1.11. The first kappa shape index (κ1) is 20.3. The van der Waals surface area contributed by atoms with Crippen molar-refractivity contribution in [3.05, 3.63) is 64.3 Å². The van der Waals surface area contributed by atoms with E-state index in [2.05, 4.69) is 24.0 Å². The van der Waals surface area contributed by atoms with Gasteiger partial charge in [-0.15, -0.1) is 0 Å². The largest absolute Gasteiger partial charge is 0.479 e. The van der Waals surface area contributed by atoms with E-state index in [-0.39, 0.29) is 6.10 Å². The molecular formula is C23H24ClNO3. The topological polar surface area (TPSA) is 59.4 Å². The molecule has 0 aliphatic rings. The van der Waals surface area contributed by atoms with Crippen LogP contribution in [-0.4, -0.2) is 22.2 Å². The molecule has 1 aromatic heterocycles. The number of aliphatic carboxylic acids is 1. The van der Waals surface area contributed by atoms with E-state index in [1.54, 1.807) is 6.07 Å². The first-order valence-electron chi connectivity index (χ1n) is 9.39. The van der Waals surface area contributed by atoms with Gasteiger partial charge in [0.1, 0.15) is 0 Å².